The van der Waals surface area contributed by atoms with Crippen LogP contribution in [0, 0.1) is 0 Å². The average Bonchev–Trinajstić information content (AvgIpc) is 3.38. The third-order valence-corrected chi connectivity index (χ3v) is 6.70. The van der Waals surface area contributed by atoms with E-state index in [0.29, 0.717) is 31.4 Å². The molecular formula is C23H30N8O2. The minimum absolute atomic E-state index is 0.00299. The SMILES string of the molecule is NCC(=O)N1CCN(c2ccc(Nc3ncc4c(n3)N(C3CCCC3)C(=O)NC4)cc2)CC1. The fourth-order valence-electron chi connectivity index (χ4n) is 4.87. The van der Waals surface area contributed by atoms with E-state index in [-0.39, 0.29) is 24.5 Å². The van der Waals surface area contributed by atoms with Gasteiger partial charge in [0.2, 0.25) is 11.9 Å². The third-order valence-electron chi connectivity index (χ3n) is 6.70. The van der Waals surface area contributed by atoms with Gasteiger partial charge >= 0.3 is 6.03 Å². The number of rotatable bonds is 5. The zero-order valence-electron chi connectivity index (χ0n) is 18.7. The molecule has 0 spiro atoms. The number of anilines is 4. The van der Waals surface area contributed by atoms with E-state index < -0.39 is 0 Å². The molecule has 3 aliphatic rings. The Hall–Kier alpha value is -3.40. The van der Waals surface area contributed by atoms with E-state index >= 15 is 0 Å². The van der Waals surface area contributed by atoms with Crippen molar-refractivity contribution in [2.24, 2.45) is 5.73 Å². The van der Waals surface area contributed by atoms with Gasteiger partial charge in [0.25, 0.3) is 0 Å². The van der Waals surface area contributed by atoms with Gasteiger partial charge in [-0.3, -0.25) is 9.69 Å². The highest BCUT2D eigenvalue weighted by Gasteiger charge is 2.33. The number of benzene rings is 1. The van der Waals surface area contributed by atoms with Crippen LogP contribution in [0.5, 0.6) is 0 Å². The van der Waals surface area contributed by atoms with Gasteiger partial charge in [-0.15, -0.1) is 0 Å². The van der Waals surface area contributed by atoms with Crippen molar-refractivity contribution in [2.45, 2.75) is 38.3 Å². The maximum absolute atomic E-state index is 12.6. The molecule has 1 saturated carbocycles. The molecule has 4 N–H and O–H groups in total. The standard InChI is InChI=1S/C23H30N8O2/c24-13-20(32)30-11-9-29(10-12-30)18-7-5-17(6-8-18)27-22-25-14-16-15-26-23(33)31(21(16)28-22)19-3-1-2-4-19/h5-8,14,19H,1-4,9-13,15,24H2,(H,26,33)(H,25,27,28). The number of carbonyl (C=O) groups excluding carboxylic acids is 2. The largest absolute Gasteiger partial charge is 0.368 e. The molecule has 0 atom stereocenters. The van der Waals surface area contributed by atoms with Crippen molar-refractivity contribution in [1.82, 2.24) is 20.2 Å². The summed E-state index contributed by atoms with van der Waals surface area (Å²) < 4.78 is 0. The molecule has 3 amide bonds. The molecule has 2 aromatic rings. The quantitative estimate of drug-likeness (QED) is 0.635. The Kier molecular flexibility index (Phi) is 5.99. The van der Waals surface area contributed by atoms with Crippen LogP contribution in [-0.4, -0.2) is 65.6 Å². The van der Waals surface area contributed by atoms with Crippen molar-refractivity contribution in [3.05, 3.63) is 36.0 Å². The van der Waals surface area contributed by atoms with E-state index in [1.54, 1.807) is 6.20 Å². The Bertz CT molecular complexity index is 1010. The number of nitrogens with zero attached hydrogens (tertiary/aromatic N) is 5. The van der Waals surface area contributed by atoms with E-state index in [2.05, 4.69) is 32.7 Å². The number of hydrogen-bond acceptors (Lipinski definition) is 7. The van der Waals surface area contributed by atoms with E-state index in [1.165, 1.54) is 0 Å². The van der Waals surface area contributed by atoms with E-state index in [9.17, 15) is 9.59 Å². The van der Waals surface area contributed by atoms with Crippen molar-refractivity contribution in [1.29, 1.82) is 0 Å². The monoisotopic (exact) mass is 450 g/mol. The van der Waals surface area contributed by atoms with E-state index in [1.807, 2.05) is 21.9 Å². The number of nitrogens with two attached hydrogens (primary N) is 1. The van der Waals surface area contributed by atoms with Crippen LogP contribution in [0.1, 0.15) is 31.2 Å². The number of carbonyl (C=O) groups is 2. The second-order valence-electron chi connectivity index (χ2n) is 8.75. The van der Waals surface area contributed by atoms with Gasteiger partial charge in [0, 0.05) is 61.9 Å². The predicted octanol–water partition coefficient (Wildman–Crippen LogP) is 1.80. The van der Waals surface area contributed by atoms with Crippen LogP contribution in [0.2, 0.25) is 0 Å². The topological polar surface area (TPSA) is 120 Å². The lowest BCUT2D eigenvalue weighted by Gasteiger charge is -2.36. The summed E-state index contributed by atoms with van der Waals surface area (Å²) in [4.78, 5) is 39.4. The van der Waals surface area contributed by atoms with Crippen LogP contribution in [-0.2, 0) is 11.3 Å². The number of fused-ring (bicyclic) bond motifs is 1. The smallest absolute Gasteiger partial charge is 0.323 e. The lowest BCUT2D eigenvalue weighted by atomic mass is 10.1. The van der Waals surface area contributed by atoms with Gasteiger partial charge in [0.15, 0.2) is 0 Å². The van der Waals surface area contributed by atoms with Gasteiger partial charge < -0.3 is 26.2 Å². The second-order valence-corrected chi connectivity index (χ2v) is 8.75. The number of hydrogen-bond donors (Lipinski definition) is 3. The molecule has 1 aromatic heterocycles. The molecule has 10 heteroatoms. The number of nitrogens with one attached hydrogen (secondary N) is 2. The van der Waals surface area contributed by atoms with Crippen molar-refractivity contribution in [3.8, 4) is 0 Å². The average molecular weight is 451 g/mol. The summed E-state index contributed by atoms with van der Waals surface area (Å²) in [7, 11) is 0. The normalized spacial score (nSPS) is 18.8. The molecule has 1 saturated heterocycles. The zero-order chi connectivity index (χ0) is 22.8. The molecule has 2 fully saturated rings. The van der Waals surface area contributed by atoms with Crippen molar-refractivity contribution < 1.29 is 9.59 Å². The maximum atomic E-state index is 12.6. The number of urea groups is 1. The maximum Gasteiger partial charge on any atom is 0.323 e. The Labute approximate surface area is 193 Å². The molecule has 5 rings (SSSR count). The highest BCUT2D eigenvalue weighted by Crippen LogP contribution is 2.32. The molecule has 10 nitrogen and oxygen atoms in total. The summed E-state index contributed by atoms with van der Waals surface area (Å²) in [5.41, 5.74) is 8.39. The fourth-order valence-corrected chi connectivity index (χ4v) is 4.87. The summed E-state index contributed by atoms with van der Waals surface area (Å²) >= 11 is 0. The summed E-state index contributed by atoms with van der Waals surface area (Å²) in [6.45, 7) is 3.45. The first kappa shape index (κ1) is 21.4. The van der Waals surface area contributed by atoms with Crippen LogP contribution in [0.25, 0.3) is 0 Å². The molecular weight excluding hydrogens is 420 g/mol. The Morgan fingerprint density at radius 1 is 1.12 bits per heavy atom. The Balaban J connectivity index is 1.27. The Morgan fingerprint density at radius 2 is 1.85 bits per heavy atom. The molecule has 33 heavy (non-hydrogen) atoms. The lowest BCUT2D eigenvalue weighted by Crippen LogP contribution is -2.50. The van der Waals surface area contributed by atoms with Crippen molar-refractivity contribution >= 4 is 35.1 Å². The van der Waals surface area contributed by atoms with Crippen LogP contribution in [0.3, 0.4) is 0 Å². The molecule has 3 heterocycles. The molecule has 1 aromatic carbocycles. The lowest BCUT2D eigenvalue weighted by molar-refractivity contribution is -0.129. The molecule has 0 radical (unpaired) electrons. The zero-order valence-corrected chi connectivity index (χ0v) is 18.7. The molecule has 174 valence electrons. The first-order chi connectivity index (χ1) is 16.1. The van der Waals surface area contributed by atoms with Crippen molar-refractivity contribution in [3.63, 3.8) is 0 Å². The number of piperazine rings is 1. The Morgan fingerprint density at radius 3 is 2.55 bits per heavy atom. The summed E-state index contributed by atoms with van der Waals surface area (Å²) in [6, 6.07) is 8.23. The molecule has 2 aliphatic heterocycles. The van der Waals surface area contributed by atoms with Gasteiger partial charge in [-0.2, -0.15) is 4.98 Å². The fraction of sp³-hybridized carbons (Fsp3) is 0.478. The number of aromatic nitrogens is 2. The van der Waals surface area contributed by atoms with Gasteiger partial charge in [-0.25, -0.2) is 9.78 Å². The summed E-state index contributed by atoms with van der Waals surface area (Å²) in [5.74, 6) is 1.20. The van der Waals surface area contributed by atoms with Crippen molar-refractivity contribution in [2.75, 3.05) is 47.8 Å². The van der Waals surface area contributed by atoms with Gasteiger partial charge in [0.05, 0.1) is 6.54 Å². The minimum atomic E-state index is -0.0725. The molecule has 0 unspecified atom stereocenters. The van der Waals surface area contributed by atoms with Crippen LogP contribution < -0.4 is 26.2 Å². The highest BCUT2D eigenvalue weighted by molar-refractivity contribution is 5.94. The van der Waals surface area contributed by atoms with Gasteiger partial charge in [-0.1, -0.05) is 12.8 Å². The van der Waals surface area contributed by atoms with Crippen LogP contribution >= 0.6 is 0 Å². The van der Waals surface area contributed by atoms with E-state index in [4.69, 9.17) is 10.7 Å². The third kappa shape index (κ3) is 4.43. The highest BCUT2D eigenvalue weighted by atomic mass is 16.2. The minimum Gasteiger partial charge on any atom is -0.368 e. The van der Waals surface area contributed by atoms with Gasteiger partial charge in [0.1, 0.15) is 5.82 Å². The first-order valence-corrected chi connectivity index (χ1v) is 11.7. The second kappa shape index (κ2) is 9.22. The van der Waals surface area contributed by atoms with Crippen LogP contribution in [0.4, 0.5) is 27.9 Å². The first-order valence-electron chi connectivity index (χ1n) is 11.7. The number of amides is 3. The van der Waals surface area contributed by atoms with Crippen LogP contribution in [0.15, 0.2) is 30.5 Å². The summed E-state index contributed by atoms with van der Waals surface area (Å²) in [5, 5.41) is 6.21. The molecule has 1 aliphatic carbocycles. The summed E-state index contributed by atoms with van der Waals surface area (Å²) in [6.07, 6.45) is 6.10. The van der Waals surface area contributed by atoms with E-state index in [0.717, 1.165) is 55.7 Å². The molecule has 0 bridgehead atoms. The predicted molar refractivity (Wildman–Crippen MR) is 127 cm³/mol. The van der Waals surface area contributed by atoms with Gasteiger partial charge in [-0.05, 0) is 37.1 Å².